The van der Waals surface area contributed by atoms with Crippen LogP contribution in [0.1, 0.15) is 0 Å². The Labute approximate surface area is 80.8 Å². The highest BCUT2D eigenvalue weighted by atomic mass is 16.4. The maximum absolute atomic E-state index is 8.87. The summed E-state index contributed by atoms with van der Waals surface area (Å²) in [4.78, 5) is 3.81. The van der Waals surface area contributed by atoms with Crippen molar-refractivity contribution in [3.05, 3.63) is 36.9 Å². The summed E-state index contributed by atoms with van der Waals surface area (Å²) in [7, 11) is -1.43. The molecule has 0 bridgehead atoms. The van der Waals surface area contributed by atoms with Crippen molar-refractivity contribution in [2.24, 2.45) is 0 Å². The van der Waals surface area contributed by atoms with Crippen LogP contribution >= 0.6 is 0 Å². The fraction of sp³-hybridized carbons (Fsp3) is 0. The summed E-state index contributed by atoms with van der Waals surface area (Å²) >= 11 is 0. The Hall–Kier alpha value is -1.66. The van der Waals surface area contributed by atoms with E-state index in [0.717, 1.165) is 5.69 Å². The molecule has 14 heavy (non-hydrogen) atoms. The Balaban J connectivity index is 2.31. The molecule has 0 saturated heterocycles. The molecule has 0 radical (unpaired) electrons. The lowest BCUT2D eigenvalue weighted by Gasteiger charge is -2.02. The van der Waals surface area contributed by atoms with Gasteiger partial charge < -0.3 is 10.0 Å². The lowest BCUT2D eigenvalue weighted by atomic mass is 9.80. The van der Waals surface area contributed by atoms with Crippen molar-refractivity contribution in [3.63, 3.8) is 0 Å². The van der Waals surface area contributed by atoms with Gasteiger partial charge in [0.1, 0.15) is 12.7 Å². The first-order chi connectivity index (χ1) is 6.77. The van der Waals surface area contributed by atoms with Crippen LogP contribution in [0.3, 0.4) is 0 Å². The molecule has 2 aromatic rings. The zero-order valence-electron chi connectivity index (χ0n) is 7.28. The van der Waals surface area contributed by atoms with Crippen LogP contribution in [0.25, 0.3) is 5.69 Å². The molecule has 1 aromatic carbocycles. The topological polar surface area (TPSA) is 71.2 Å². The Morgan fingerprint density at radius 3 is 2.36 bits per heavy atom. The van der Waals surface area contributed by atoms with Crippen molar-refractivity contribution in [2.45, 2.75) is 0 Å². The average molecular weight is 189 g/mol. The van der Waals surface area contributed by atoms with Crippen LogP contribution in [0.4, 0.5) is 0 Å². The molecule has 0 unspecified atom stereocenters. The molecule has 6 heteroatoms. The Morgan fingerprint density at radius 2 is 1.86 bits per heavy atom. The molecule has 0 fully saturated rings. The third-order valence-corrected chi connectivity index (χ3v) is 1.87. The van der Waals surface area contributed by atoms with Crippen LogP contribution in [0.2, 0.25) is 0 Å². The molecule has 0 saturated carbocycles. The standard InChI is InChI=1S/C8H8BN3O2/c13-9(14)7-1-3-8(4-2-7)12-6-10-5-11-12/h1-6,13-14H. The van der Waals surface area contributed by atoms with E-state index >= 15 is 0 Å². The molecule has 0 spiro atoms. The van der Waals surface area contributed by atoms with E-state index in [4.69, 9.17) is 10.0 Å². The predicted molar refractivity (Wildman–Crippen MR) is 51.2 cm³/mol. The molecule has 0 atom stereocenters. The second-order valence-corrected chi connectivity index (χ2v) is 2.81. The summed E-state index contributed by atoms with van der Waals surface area (Å²) < 4.78 is 1.59. The Bertz CT molecular complexity index is 399. The van der Waals surface area contributed by atoms with Crippen LogP contribution in [-0.2, 0) is 0 Å². The number of hydrogen-bond donors (Lipinski definition) is 2. The van der Waals surface area contributed by atoms with Crippen LogP contribution in [0.5, 0.6) is 0 Å². The normalized spacial score (nSPS) is 10.1. The fourth-order valence-corrected chi connectivity index (χ4v) is 1.14. The van der Waals surface area contributed by atoms with E-state index in [1.54, 1.807) is 35.3 Å². The SMILES string of the molecule is OB(O)c1ccc(-n2cncn2)cc1. The molecule has 0 amide bonds. The molecule has 70 valence electrons. The second-order valence-electron chi connectivity index (χ2n) is 2.81. The predicted octanol–water partition coefficient (Wildman–Crippen LogP) is -1.05. The van der Waals surface area contributed by atoms with Gasteiger partial charge in [-0.15, -0.1) is 0 Å². The molecule has 1 heterocycles. The average Bonchev–Trinajstić information content (AvgIpc) is 2.71. The van der Waals surface area contributed by atoms with E-state index in [0.29, 0.717) is 5.46 Å². The van der Waals surface area contributed by atoms with Gasteiger partial charge in [-0.3, -0.25) is 0 Å². The Kier molecular flexibility index (Phi) is 2.30. The van der Waals surface area contributed by atoms with E-state index in [9.17, 15) is 0 Å². The highest BCUT2D eigenvalue weighted by Gasteiger charge is 2.09. The second kappa shape index (κ2) is 3.61. The lowest BCUT2D eigenvalue weighted by Crippen LogP contribution is -2.29. The zero-order chi connectivity index (χ0) is 9.97. The summed E-state index contributed by atoms with van der Waals surface area (Å²) in [5.41, 5.74) is 1.28. The largest absolute Gasteiger partial charge is 0.488 e. The number of hydrogen-bond acceptors (Lipinski definition) is 4. The maximum atomic E-state index is 8.87. The molecule has 0 aliphatic heterocycles. The third kappa shape index (κ3) is 1.66. The maximum Gasteiger partial charge on any atom is 0.488 e. The number of benzene rings is 1. The first-order valence-electron chi connectivity index (χ1n) is 4.08. The summed E-state index contributed by atoms with van der Waals surface area (Å²) in [5.74, 6) is 0. The minimum atomic E-state index is -1.43. The summed E-state index contributed by atoms with van der Waals surface area (Å²) in [6.45, 7) is 0. The number of aromatic nitrogens is 3. The molecule has 0 aliphatic carbocycles. The molecular formula is C8H8BN3O2. The van der Waals surface area contributed by atoms with E-state index in [2.05, 4.69) is 10.1 Å². The number of nitrogens with zero attached hydrogens (tertiary/aromatic N) is 3. The van der Waals surface area contributed by atoms with Crippen molar-refractivity contribution >= 4 is 12.6 Å². The van der Waals surface area contributed by atoms with Crippen LogP contribution in [0.15, 0.2) is 36.9 Å². The van der Waals surface area contributed by atoms with E-state index in [1.165, 1.54) is 6.33 Å². The van der Waals surface area contributed by atoms with Gasteiger partial charge in [0.25, 0.3) is 0 Å². The monoisotopic (exact) mass is 189 g/mol. The van der Waals surface area contributed by atoms with Gasteiger partial charge in [0, 0.05) is 0 Å². The quantitative estimate of drug-likeness (QED) is 0.591. The van der Waals surface area contributed by atoms with Gasteiger partial charge in [-0.05, 0) is 17.6 Å². The number of rotatable bonds is 2. The van der Waals surface area contributed by atoms with Gasteiger partial charge in [-0.2, -0.15) is 5.10 Å². The summed E-state index contributed by atoms with van der Waals surface area (Å²) in [6.07, 6.45) is 3.01. The van der Waals surface area contributed by atoms with Crippen molar-refractivity contribution in [1.29, 1.82) is 0 Å². The van der Waals surface area contributed by atoms with E-state index in [-0.39, 0.29) is 0 Å². The molecule has 2 N–H and O–H groups in total. The molecule has 1 aromatic heterocycles. The van der Waals surface area contributed by atoms with Gasteiger partial charge in [0.05, 0.1) is 5.69 Å². The van der Waals surface area contributed by atoms with Crippen molar-refractivity contribution in [3.8, 4) is 5.69 Å². The van der Waals surface area contributed by atoms with E-state index in [1.807, 2.05) is 0 Å². The molecule has 2 rings (SSSR count). The van der Waals surface area contributed by atoms with Gasteiger partial charge >= 0.3 is 7.12 Å². The van der Waals surface area contributed by atoms with Crippen LogP contribution in [0, 0.1) is 0 Å². The third-order valence-electron chi connectivity index (χ3n) is 1.87. The molecular weight excluding hydrogens is 181 g/mol. The van der Waals surface area contributed by atoms with Gasteiger partial charge in [-0.1, -0.05) is 12.1 Å². The van der Waals surface area contributed by atoms with Crippen molar-refractivity contribution in [1.82, 2.24) is 14.8 Å². The van der Waals surface area contributed by atoms with Crippen LogP contribution < -0.4 is 5.46 Å². The van der Waals surface area contributed by atoms with Gasteiger partial charge in [-0.25, -0.2) is 9.67 Å². The first-order valence-corrected chi connectivity index (χ1v) is 4.08. The Morgan fingerprint density at radius 1 is 1.14 bits per heavy atom. The fourth-order valence-electron chi connectivity index (χ4n) is 1.14. The summed E-state index contributed by atoms with van der Waals surface area (Å²) in [5, 5.41) is 21.7. The lowest BCUT2D eigenvalue weighted by molar-refractivity contribution is 0.426. The smallest absolute Gasteiger partial charge is 0.423 e. The van der Waals surface area contributed by atoms with Crippen molar-refractivity contribution in [2.75, 3.05) is 0 Å². The highest BCUT2D eigenvalue weighted by Crippen LogP contribution is 2.01. The van der Waals surface area contributed by atoms with Crippen molar-refractivity contribution < 1.29 is 10.0 Å². The molecule has 0 aliphatic rings. The first kappa shape index (κ1) is 8.92. The van der Waals surface area contributed by atoms with Gasteiger partial charge in [0.15, 0.2) is 0 Å². The zero-order valence-corrected chi connectivity index (χ0v) is 7.28. The summed E-state index contributed by atoms with van der Waals surface area (Å²) in [6, 6.07) is 6.73. The minimum absolute atomic E-state index is 0.453. The van der Waals surface area contributed by atoms with Crippen LogP contribution in [-0.4, -0.2) is 31.9 Å². The minimum Gasteiger partial charge on any atom is -0.423 e. The molecule has 5 nitrogen and oxygen atoms in total. The highest BCUT2D eigenvalue weighted by molar-refractivity contribution is 6.58. The van der Waals surface area contributed by atoms with Gasteiger partial charge in [0.2, 0.25) is 0 Å². The van der Waals surface area contributed by atoms with E-state index < -0.39 is 7.12 Å².